The molecule has 1 aliphatic carbocycles. The number of carbonyl (C=O) groups is 3. The van der Waals surface area contributed by atoms with Gasteiger partial charge in [-0.15, -0.1) is 0 Å². The van der Waals surface area contributed by atoms with Crippen LogP contribution >= 0.6 is 0 Å². The molecule has 0 saturated carbocycles. The van der Waals surface area contributed by atoms with E-state index in [1.54, 1.807) is 0 Å². The number of aliphatic hydroxyl groups excluding tert-OH is 1. The number of carboxylic acids is 1. The number of hydrogen-bond donors (Lipinski definition) is 4. The Morgan fingerprint density at radius 3 is 2.20 bits per heavy atom. The molecule has 0 radical (unpaired) electrons. The molecular weight excluding hydrogens is 388 g/mol. The molecule has 4 N–H and O–H groups in total. The number of amides is 2. The maximum atomic E-state index is 12.0. The first-order valence-electron chi connectivity index (χ1n) is 9.23. The number of carboxylic acid groups (broad SMARTS) is 1. The lowest BCUT2D eigenvalue weighted by Crippen LogP contribution is -2.42. The van der Waals surface area contributed by atoms with Crippen molar-refractivity contribution in [1.29, 1.82) is 0 Å². The van der Waals surface area contributed by atoms with E-state index in [1.165, 1.54) is 0 Å². The minimum absolute atomic E-state index is 0.0635. The molecule has 30 heavy (non-hydrogen) atoms. The van der Waals surface area contributed by atoms with Gasteiger partial charge in [0, 0.05) is 5.92 Å². The van der Waals surface area contributed by atoms with Gasteiger partial charge in [-0.05, 0) is 28.2 Å². The van der Waals surface area contributed by atoms with Gasteiger partial charge >= 0.3 is 12.1 Å². The first kappa shape index (κ1) is 20.9. The average molecular weight is 408 g/mol. The number of alkyl carbamates (subject to hydrolysis) is 1. The van der Waals surface area contributed by atoms with Gasteiger partial charge in [0.05, 0.1) is 13.2 Å². The summed E-state index contributed by atoms with van der Waals surface area (Å²) in [5.41, 5.74) is 4.45. The Hall–Kier alpha value is -3.83. The number of hydrogen-bond acceptors (Lipinski definition) is 5. The highest BCUT2D eigenvalue weighted by Gasteiger charge is 2.28. The van der Waals surface area contributed by atoms with Gasteiger partial charge in [-0.1, -0.05) is 54.5 Å². The van der Waals surface area contributed by atoms with Crippen molar-refractivity contribution in [2.75, 3.05) is 19.8 Å². The van der Waals surface area contributed by atoms with E-state index in [0.717, 1.165) is 22.3 Å². The second-order valence-corrected chi connectivity index (χ2v) is 6.53. The molecule has 8 nitrogen and oxygen atoms in total. The quantitative estimate of drug-likeness (QED) is 0.531. The highest BCUT2D eigenvalue weighted by Crippen LogP contribution is 2.44. The van der Waals surface area contributed by atoms with Crippen LogP contribution in [0.3, 0.4) is 0 Å². The lowest BCUT2D eigenvalue weighted by molar-refractivity contribution is -0.142. The summed E-state index contributed by atoms with van der Waals surface area (Å²) in [5.74, 6) is 2.23. The fourth-order valence-corrected chi connectivity index (χ4v) is 3.27. The van der Waals surface area contributed by atoms with Crippen molar-refractivity contribution in [3.63, 3.8) is 0 Å². The summed E-state index contributed by atoms with van der Waals surface area (Å²) >= 11 is 0. The van der Waals surface area contributed by atoms with Crippen LogP contribution < -0.4 is 10.6 Å². The van der Waals surface area contributed by atoms with Gasteiger partial charge in [0.2, 0.25) is 0 Å². The summed E-state index contributed by atoms with van der Waals surface area (Å²) < 4.78 is 5.33. The van der Waals surface area contributed by atoms with Crippen LogP contribution in [-0.4, -0.2) is 54.0 Å². The van der Waals surface area contributed by atoms with Crippen LogP contribution in [0.2, 0.25) is 0 Å². The van der Waals surface area contributed by atoms with Gasteiger partial charge < -0.3 is 25.6 Å². The summed E-state index contributed by atoms with van der Waals surface area (Å²) in [6, 6.07) is 14.5. The second-order valence-electron chi connectivity index (χ2n) is 6.53. The molecule has 2 aromatic rings. The number of carbonyl (C=O) groups excluding carboxylic acids is 2. The Morgan fingerprint density at radius 1 is 1.03 bits per heavy atom. The summed E-state index contributed by atoms with van der Waals surface area (Å²) in [6.07, 6.45) is -0.676. The van der Waals surface area contributed by atoms with Crippen molar-refractivity contribution in [2.24, 2.45) is 0 Å². The van der Waals surface area contributed by atoms with Gasteiger partial charge in [0.25, 0.3) is 5.91 Å². The normalized spacial score (nSPS) is 12.6. The highest BCUT2D eigenvalue weighted by molar-refractivity contribution is 5.96. The van der Waals surface area contributed by atoms with Gasteiger partial charge in [-0.25, -0.2) is 9.59 Å². The molecule has 0 aromatic heterocycles. The molecule has 8 heteroatoms. The fraction of sp³-hybridized carbons (Fsp3) is 0.227. The second kappa shape index (κ2) is 9.58. The monoisotopic (exact) mass is 408 g/mol. The average Bonchev–Trinajstić information content (AvgIpc) is 3.07. The van der Waals surface area contributed by atoms with E-state index < -0.39 is 30.6 Å². The van der Waals surface area contributed by atoms with E-state index in [-0.39, 0.29) is 19.1 Å². The van der Waals surface area contributed by atoms with Crippen LogP contribution in [0.5, 0.6) is 0 Å². The van der Waals surface area contributed by atoms with Crippen molar-refractivity contribution in [3.8, 4) is 23.0 Å². The molecule has 0 spiro atoms. The maximum absolute atomic E-state index is 12.0. The molecule has 0 unspecified atom stereocenters. The fourth-order valence-electron chi connectivity index (χ4n) is 3.27. The van der Waals surface area contributed by atoms with E-state index in [9.17, 15) is 14.4 Å². The molecule has 0 saturated heterocycles. The van der Waals surface area contributed by atoms with Crippen LogP contribution in [0.4, 0.5) is 4.79 Å². The molecule has 1 aliphatic rings. The van der Waals surface area contributed by atoms with Crippen LogP contribution in [0.25, 0.3) is 11.1 Å². The number of aliphatic hydroxyl groups is 1. The lowest BCUT2D eigenvalue weighted by atomic mass is 9.98. The molecule has 3 rings (SSSR count). The van der Waals surface area contributed by atoms with Crippen LogP contribution in [0, 0.1) is 11.8 Å². The zero-order valence-electron chi connectivity index (χ0n) is 15.9. The number of ether oxygens (including phenoxy) is 1. The lowest BCUT2D eigenvalue weighted by Gasteiger charge is -2.14. The van der Waals surface area contributed by atoms with Gasteiger partial charge in [-0.2, -0.15) is 0 Å². The first-order valence-corrected chi connectivity index (χ1v) is 9.23. The van der Waals surface area contributed by atoms with Crippen molar-refractivity contribution in [1.82, 2.24) is 10.6 Å². The molecule has 0 fully saturated rings. The number of aliphatic carboxylic acids is 1. The van der Waals surface area contributed by atoms with E-state index in [1.807, 2.05) is 53.8 Å². The molecule has 2 amide bonds. The van der Waals surface area contributed by atoms with Crippen LogP contribution in [0.1, 0.15) is 17.0 Å². The van der Waals surface area contributed by atoms with E-state index in [2.05, 4.69) is 17.2 Å². The summed E-state index contributed by atoms with van der Waals surface area (Å²) in [4.78, 5) is 34.2. The van der Waals surface area contributed by atoms with Crippen molar-refractivity contribution in [3.05, 3.63) is 59.7 Å². The minimum Gasteiger partial charge on any atom is -0.480 e. The number of rotatable bonds is 6. The third-order valence-electron chi connectivity index (χ3n) is 4.65. The van der Waals surface area contributed by atoms with Crippen LogP contribution in [0.15, 0.2) is 48.5 Å². The van der Waals surface area contributed by atoms with Gasteiger partial charge in [0.1, 0.15) is 6.61 Å². The number of benzene rings is 2. The predicted molar refractivity (Wildman–Crippen MR) is 108 cm³/mol. The highest BCUT2D eigenvalue weighted by atomic mass is 16.5. The van der Waals surface area contributed by atoms with E-state index in [4.69, 9.17) is 14.9 Å². The van der Waals surface area contributed by atoms with E-state index >= 15 is 0 Å². The molecule has 2 aromatic carbocycles. The Balaban J connectivity index is 1.50. The van der Waals surface area contributed by atoms with Gasteiger partial charge in [-0.3, -0.25) is 4.79 Å². The standard InChI is InChI=1S/C22H20N2O6/c25-12-19(21(27)28)24-20(26)10-5-11-23-22(29)30-13-18-16-8-3-1-6-14(16)15-7-2-4-9-17(15)18/h1-4,6-9,18-19,25H,11-13H2,(H,23,29)(H,24,26)(H,27,28)/t19-/m1/s1. The van der Waals surface area contributed by atoms with Crippen molar-refractivity contribution in [2.45, 2.75) is 12.0 Å². The Kier molecular flexibility index (Phi) is 6.67. The SMILES string of the molecule is O=C(C#CCNC(=O)OCC1c2ccccc2-c2ccccc21)N[C@H](CO)C(=O)O. The number of fused-ring (bicyclic) bond motifs is 3. The Labute approximate surface area is 172 Å². The van der Waals surface area contributed by atoms with Crippen molar-refractivity contribution >= 4 is 18.0 Å². The maximum Gasteiger partial charge on any atom is 0.407 e. The zero-order valence-corrected chi connectivity index (χ0v) is 15.9. The molecule has 1 atom stereocenters. The van der Waals surface area contributed by atoms with Crippen molar-refractivity contribution < 1.29 is 29.3 Å². The third-order valence-corrected chi connectivity index (χ3v) is 4.65. The van der Waals surface area contributed by atoms with E-state index in [0.29, 0.717) is 0 Å². The summed E-state index contributed by atoms with van der Waals surface area (Å²) in [6.45, 7) is -0.744. The Bertz CT molecular complexity index is 978. The molecule has 154 valence electrons. The predicted octanol–water partition coefficient (Wildman–Crippen LogP) is 1.09. The Morgan fingerprint density at radius 2 is 1.63 bits per heavy atom. The zero-order chi connectivity index (χ0) is 21.5. The summed E-state index contributed by atoms with van der Waals surface area (Å²) in [7, 11) is 0. The minimum atomic E-state index is -1.43. The van der Waals surface area contributed by atoms with Crippen LogP contribution in [-0.2, 0) is 14.3 Å². The third kappa shape index (κ3) is 4.77. The largest absolute Gasteiger partial charge is 0.480 e. The molecule has 0 heterocycles. The molecular formula is C22H20N2O6. The molecule has 0 aliphatic heterocycles. The topological polar surface area (TPSA) is 125 Å². The summed E-state index contributed by atoms with van der Waals surface area (Å²) in [5, 5.41) is 22.0. The number of nitrogens with one attached hydrogen (secondary N) is 2. The smallest absolute Gasteiger partial charge is 0.407 e. The van der Waals surface area contributed by atoms with Gasteiger partial charge in [0.15, 0.2) is 6.04 Å². The molecule has 0 bridgehead atoms. The first-order chi connectivity index (χ1) is 14.5.